The van der Waals surface area contributed by atoms with Crippen LogP contribution in [0.15, 0.2) is 18.2 Å². The van der Waals surface area contributed by atoms with Crippen LogP contribution >= 0.6 is 11.6 Å². The summed E-state index contributed by atoms with van der Waals surface area (Å²) in [4.78, 5) is 2.24. The molecular weight excluding hydrogens is 236 g/mol. The molecule has 0 heterocycles. The maximum absolute atomic E-state index is 6.03. The van der Waals surface area contributed by atoms with Crippen molar-refractivity contribution in [2.45, 2.75) is 26.3 Å². The van der Waals surface area contributed by atoms with Crippen molar-refractivity contribution in [1.29, 1.82) is 0 Å². The molecule has 0 saturated carbocycles. The molecule has 0 spiro atoms. The Morgan fingerprint density at radius 2 is 2.18 bits per heavy atom. The highest BCUT2D eigenvalue weighted by Gasteiger charge is 2.15. The molecular formula is C13H21ClN2O. The Balaban J connectivity index is 2.98. The topological polar surface area (TPSA) is 38.5 Å². The Kier molecular flexibility index (Phi) is 5.59. The maximum atomic E-state index is 6.03. The first-order valence-corrected chi connectivity index (χ1v) is 6.28. The number of rotatable bonds is 6. The van der Waals surface area contributed by atoms with Crippen molar-refractivity contribution in [3.63, 3.8) is 0 Å². The minimum Gasteiger partial charge on any atom is -0.397 e. The summed E-state index contributed by atoms with van der Waals surface area (Å²) in [6.45, 7) is 5.83. The van der Waals surface area contributed by atoms with E-state index in [1.807, 2.05) is 18.2 Å². The van der Waals surface area contributed by atoms with Gasteiger partial charge in [0, 0.05) is 24.7 Å². The first-order chi connectivity index (χ1) is 8.10. The van der Waals surface area contributed by atoms with Crippen LogP contribution in [0.2, 0.25) is 5.02 Å². The fourth-order valence-corrected chi connectivity index (χ4v) is 1.92. The van der Waals surface area contributed by atoms with E-state index in [0.717, 1.165) is 24.3 Å². The van der Waals surface area contributed by atoms with Gasteiger partial charge in [0.1, 0.15) is 0 Å². The van der Waals surface area contributed by atoms with Gasteiger partial charge in [-0.3, -0.25) is 0 Å². The number of nitrogens with two attached hydrogens (primary N) is 1. The molecule has 1 aromatic carbocycles. The van der Waals surface area contributed by atoms with Gasteiger partial charge >= 0.3 is 0 Å². The van der Waals surface area contributed by atoms with E-state index in [1.54, 1.807) is 7.11 Å². The molecule has 0 saturated heterocycles. The second-order valence-electron chi connectivity index (χ2n) is 4.15. The highest BCUT2D eigenvalue weighted by molar-refractivity contribution is 6.31. The zero-order chi connectivity index (χ0) is 12.8. The van der Waals surface area contributed by atoms with E-state index in [4.69, 9.17) is 22.1 Å². The minimum atomic E-state index is 0.408. The maximum Gasteiger partial charge on any atom is 0.0637 e. The summed E-state index contributed by atoms with van der Waals surface area (Å²) in [5.74, 6) is 0. The van der Waals surface area contributed by atoms with Crippen molar-refractivity contribution in [3.8, 4) is 0 Å². The van der Waals surface area contributed by atoms with Crippen molar-refractivity contribution in [3.05, 3.63) is 23.2 Å². The Morgan fingerprint density at radius 1 is 1.47 bits per heavy atom. The molecule has 0 aliphatic rings. The van der Waals surface area contributed by atoms with Crippen LogP contribution < -0.4 is 10.6 Å². The molecule has 0 aromatic heterocycles. The van der Waals surface area contributed by atoms with Crippen molar-refractivity contribution in [2.24, 2.45) is 0 Å². The second kappa shape index (κ2) is 6.72. The number of halogens is 1. The van der Waals surface area contributed by atoms with Gasteiger partial charge in [-0.2, -0.15) is 0 Å². The lowest BCUT2D eigenvalue weighted by atomic mass is 10.1. The summed E-state index contributed by atoms with van der Waals surface area (Å²) in [6, 6.07) is 5.98. The number of nitrogen functional groups attached to an aromatic ring is 1. The number of ether oxygens (including phenoxy) is 1. The van der Waals surface area contributed by atoms with Crippen molar-refractivity contribution < 1.29 is 4.74 Å². The third-order valence-corrected chi connectivity index (χ3v) is 3.20. The molecule has 17 heavy (non-hydrogen) atoms. The summed E-state index contributed by atoms with van der Waals surface area (Å²) in [7, 11) is 1.70. The molecule has 1 atom stereocenters. The molecule has 0 bridgehead atoms. The Labute approximate surface area is 109 Å². The molecule has 0 aliphatic heterocycles. The third-order valence-electron chi connectivity index (χ3n) is 2.96. The van der Waals surface area contributed by atoms with E-state index in [9.17, 15) is 0 Å². The number of anilines is 2. The van der Waals surface area contributed by atoms with Crippen LogP contribution in [-0.4, -0.2) is 26.3 Å². The normalized spacial score (nSPS) is 12.5. The van der Waals surface area contributed by atoms with Gasteiger partial charge in [0.05, 0.1) is 18.0 Å². The monoisotopic (exact) mass is 256 g/mol. The highest BCUT2D eigenvalue weighted by Crippen LogP contribution is 2.28. The van der Waals surface area contributed by atoms with Crippen LogP contribution in [-0.2, 0) is 4.74 Å². The Morgan fingerprint density at radius 3 is 2.76 bits per heavy atom. The standard InChI is InChI=1S/C13H21ClN2O/c1-4-10(2)16(7-8-17-3)13-9-11(14)5-6-12(13)15/h5-6,9-10H,4,7-8,15H2,1-3H3. The molecule has 1 unspecified atom stereocenters. The number of nitrogens with zero attached hydrogens (tertiary/aromatic N) is 1. The van der Waals surface area contributed by atoms with E-state index in [0.29, 0.717) is 17.7 Å². The molecule has 2 N–H and O–H groups in total. The molecule has 1 rings (SSSR count). The molecule has 0 amide bonds. The summed E-state index contributed by atoms with van der Waals surface area (Å²) >= 11 is 6.03. The van der Waals surface area contributed by atoms with Crippen molar-refractivity contribution >= 4 is 23.0 Å². The van der Waals surface area contributed by atoms with E-state index in [1.165, 1.54) is 0 Å². The summed E-state index contributed by atoms with van der Waals surface area (Å²) < 4.78 is 5.14. The second-order valence-corrected chi connectivity index (χ2v) is 4.58. The smallest absolute Gasteiger partial charge is 0.0637 e. The average molecular weight is 257 g/mol. The van der Waals surface area contributed by atoms with Gasteiger partial charge in [0.25, 0.3) is 0 Å². The number of hydrogen-bond acceptors (Lipinski definition) is 3. The van der Waals surface area contributed by atoms with Gasteiger partial charge in [0.15, 0.2) is 0 Å². The Hall–Kier alpha value is -0.930. The molecule has 3 nitrogen and oxygen atoms in total. The minimum absolute atomic E-state index is 0.408. The lowest BCUT2D eigenvalue weighted by Crippen LogP contribution is -2.35. The van der Waals surface area contributed by atoms with Crippen LogP contribution in [0, 0.1) is 0 Å². The largest absolute Gasteiger partial charge is 0.397 e. The SMILES string of the molecule is CCC(C)N(CCOC)c1cc(Cl)ccc1N. The number of benzene rings is 1. The van der Waals surface area contributed by atoms with Crippen LogP contribution in [0.4, 0.5) is 11.4 Å². The quantitative estimate of drug-likeness (QED) is 0.795. The van der Waals surface area contributed by atoms with Crippen LogP contribution in [0.5, 0.6) is 0 Å². The molecule has 0 fully saturated rings. The van der Waals surface area contributed by atoms with Gasteiger partial charge < -0.3 is 15.4 Å². The van der Waals surface area contributed by atoms with E-state index >= 15 is 0 Å². The van der Waals surface area contributed by atoms with Crippen LogP contribution in [0.3, 0.4) is 0 Å². The molecule has 0 aliphatic carbocycles. The fourth-order valence-electron chi connectivity index (χ4n) is 1.75. The fraction of sp³-hybridized carbons (Fsp3) is 0.538. The van der Waals surface area contributed by atoms with E-state index in [2.05, 4.69) is 18.7 Å². The molecule has 0 radical (unpaired) electrons. The van der Waals surface area contributed by atoms with Crippen molar-refractivity contribution in [2.75, 3.05) is 30.9 Å². The van der Waals surface area contributed by atoms with Crippen LogP contribution in [0.1, 0.15) is 20.3 Å². The summed E-state index contributed by atoms with van der Waals surface area (Å²) in [5, 5.41) is 0.708. The summed E-state index contributed by atoms with van der Waals surface area (Å²) in [5.41, 5.74) is 7.76. The van der Waals surface area contributed by atoms with Gasteiger partial charge in [-0.25, -0.2) is 0 Å². The zero-order valence-corrected chi connectivity index (χ0v) is 11.5. The molecule has 96 valence electrons. The predicted octanol–water partition coefficient (Wildman–Crippen LogP) is 3.17. The van der Waals surface area contributed by atoms with Gasteiger partial charge in [-0.15, -0.1) is 0 Å². The lowest BCUT2D eigenvalue weighted by molar-refractivity contribution is 0.203. The first-order valence-electron chi connectivity index (χ1n) is 5.90. The average Bonchev–Trinajstić information content (AvgIpc) is 2.33. The highest BCUT2D eigenvalue weighted by atomic mass is 35.5. The van der Waals surface area contributed by atoms with Crippen molar-refractivity contribution in [1.82, 2.24) is 0 Å². The zero-order valence-electron chi connectivity index (χ0n) is 10.7. The van der Waals surface area contributed by atoms with Gasteiger partial charge in [0.2, 0.25) is 0 Å². The summed E-state index contributed by atoms with van der Waals surface area (Å²) in [6.07, 6.45) is 1.05. The lowest BCUT2D eigenvalue weighted by Gasteiger charge is -2.31. The van der Waals surface area contributed by atoms with E-state index in [-0.39, 0.29) is 0 Å². The number of methoxy groups -OCH3 is 1. The predicted molar refractivity (Wildman–Crippen MR) is 74.8 cm³/mol. The van der Waals surface area contributed by atoms with Crippen LogP contribution in [0.25, 0.3) is 0 Å². The van der Waals surface area contributed by atoms with Gasteiger partial charge in [-0.1, -0.05) is 18.5 Å². The van der Waals surface area contributed by atoms with E-state index < -0.39 is 0 Å². The molecule has 1 aromatic rings. The third kappa shape index (κ3) is 3.79. The number of hydrogen-bond donors (Lipinski definition) is 1. The first kappa shape index (κ1) is 14.1. The van der Waals surface area contributed by atoms with Gasteiger partial charge in [-0.05, 0) is 31.5 Å². The Bertz CT molecular complexity index is 357. The molecule has 4 heteroatoms.